The minimum Gasteiger partial charge on any atom is 0 e. The fraction of sp³-hybridized carbons (Fsp3) is 0. The van der Waals surface area contributed by atoms with Crippen molar-refractivity contribution >= 4 is 76.0 Å². The van der Waals surface area contributed by atoms with Crippen molar-refractivity contribution < 1.29 is 19.5 Å². The third kappa shape index (κ3) is 8.95. The van der Waals surface area contributed by atoms with E-state index in [-0.39, 0.29) is 95.4 Å². The van der Waals surface area contributed by atoms with Crippen LogP contribution in [0.3, 0.4) is 0 Å². The van der Waals surface area contributed by atoms with E-state index in [0.717, 1.165) is 0 Å². The Kier molecular flexibility index (Phi) is 111. The largest absolute Gasteiger partial charge is 0 e. The van der Waals surface area contributed by atoms with E-state index in [1.54, 1.807) is 0 Å². The zero-order valence-corrected chi connectivity index (χ0v) is 14.8. The van der Waals surface area contributed by atoms with Gasteiger partial charge in [-0.3, -0.25) is 0 Å². The van der Waals surface area contributed by atoms with E-state index in [1.165, 1.54) is 0 Å². The van der Waals surface area contributed by atoms with E-state index in [0.29, 0.717) is 0 Å². The second-order valence-corrected chi connectivity index (χ2v) is 0. The van der Waals surface area contributed by atoms with Gasteiger partial charge in [0.05, 0.1) is 0 Å². The molecule has 0 saturated carbocycles. The van der Waals surface area contributed by atoms with Crippen molar-refractivity contribution in [1.29, 1.82) is 0 Å². The van der Waals surface area contributed by atoms with Crippen LogP contribution >= 0.6 is 0 Å². The molecule has 14 valence electrons. The monoisotopic (exact) mass is 508 g/mol. The molecule has 0 aliphatic heterocycles. The van der Waals surface area contributed by atoms with E-state index in [2.05, 4.69) is 0 Å². The van der Waals surface area contributed by atoms with Crippen LogP contribution in [0.25, 0.3) is 0 Å². The van der Waals surface area contributed by atoms with Gasteiger partial charge in [-0.1, -0.05) is 0 Å². The van der Waals surface area contributed by atoms with Crippen molar-refractivity contribution in [3.05, 3.63) is 0 Å². The van der Waals surface area contributed by atoms with Crippen LogP contribution in [0, 0.1) is 0 Å². The van der Waals surface area contributed by atoms with Crippen molar-refractivity contribution in [3.8, 4) is 0 Å². The van der Waals surface area contributed by atoms with Crippen LogP contribution in [-0.4, -0.2) is 76.0 Å². The van der Waals surface area contributed by atoms with E-state index < -0.39 is 0 Å². The van der Waals surface area contributed by atoms with Gasteiger partial charge in [-0.25, -0.2) is 0 Å². The van der Waals surface area contributed by atoms with Gasteiger partial charge in [0.15, 0.2) is 0 Å². The molecule has 0 amide bonds. The summed E-state index contributed by atoms with van der Waals surface area (Å²) in [5.41, 5.74) is 0. The molecule has 0 aliphatic carbocycles. The van der Waals surface area contributed by atoms with Gasteiger partial charge in [0.2, 0.25) is 0 Å². The molecular formula is BiInSnZn. The molecule has 0 atom stereocenters. The van der Waals surface area contributed by atoms with Gasteiger partial charge in [0.1, 0.15) is 0 Å². The zero-order valence-electron chi connectivity index (χ0n) is 2.23. The summed E-state index contributed by atoms with van der Waals surface area (Å²) in [5, 5.41) is 0. The molecule has 0 saturated heterocycles. The Hall–Kier alpha value is 3.18. The van der Waals surface area contributed by atoms with Gasteiger partial charge < -0.3 is 0 Å². The fourth-order valence-electron chi connectivity index (χ4n) is 0. The standard InChI is InChI=1S/Bi.In.Sn.Zn. The summed E-state index contributed by atoms with van der Waals surface area (Å²) in [6.45, 7) is 0. The predicted octanol–water partition coefficient (Wildman–Crippen LogP) is -1.14. The average Bonchev–Trinajstić information content (AvgIpc) is 0. The molecule has 0 nitrogen and oxygen atoms in total. The van der Waals surface area contributed by atoms with Crippen LogP contribution < -0.4 is 0 Å². The molecule has 0 unspecified atom stereocenters. The first-order chi connectivity index (χ1) is 0. The summed E-state index contributed by atoms with van der Waals surface area (Å²) in [6, 6.07) is 0. The molecule has 0 bridgehead atoms. The first-order valence-electron chi connectivity index (χ1n) is 0. The maximum Gasteiger partial charge on any atom is 0 e. The molecule has 0 N–H and O–H groups in total. The summed E-state index contributed by atoms with van der Waals surface area (Å²) in [6.07, 6.45) is 0. The topological polar surface area (TPSA) is 0 Å². The molecule has 0 aromatic heterocycles. The molecule has 4 heavy (non-hydrogen) atoms. The minimum atomic E-state index is 0. The third-order valence-corrected chi connectivity index (χ3v) is 0. The van der Waals surface area contributed by atoms with Gasteiger partial charge >= 0.3 is 0 Å². The Morgan fingerprint density at radius 3 is 1.00 bits per heavy atom. The van der Waals surface area contributed by atoms with Crippen molar-refractivity contribution in [2.45, 2.75) is 0 Å². The molecule has 0 fully saturated rings. The summed E-state index contributed by atoms with van der Waals surface area (Å²) in [4.78, 5) is 0. The first-order valence-corrected chi connectivity index (χ1v) is 0. The van der Waals surface area contributed by atoms with Crippen LogP contribution in [0.1, 0.15) is 0 Å². The molecule has 0 aromatic carbocycles. The van der Waals surface area contributed by atoms with Crippen molar-refractivity contribution in [3.63, 3.8) is 0 Å². The van der Waals surface area contributed by atoms with Gasteiger partial charge in [0, 0.05) is 95.4 Å². The number of hydrogen-bond acceptors (Lipinski definition) is 0. The van der Waals surface area contributed by atoms with Crippen LogP contribution in [-0.2, 0) is 19.5 Å². The fourth-order valence-corrected chi connectivity index (χ4v) is 0. The van der Waals surface area contributed by atoms with Crippen LogP contribution in [0.2, 0.25) is 0 Å². The summed E-state index contributed by atoms with van der Waals surface area (Å²) < 4.78 is 0. The third-order valence-electron chi connectivity index (χ3n) is 0. The van der Waals surface area contributed by atoms with Gasteiger partial charge in [-0.2, -0.15) is 0 Å². The second kappa shape index (κ2) is 16.4. The molecule has 0 aliphatic rings. The van der Waals surface area contributed by atoms with Crippen molar-refractivity contribution in [2.75, 3.05) is 0 Å². The molecule has 0 aromatic rings. The molecule has 10 radical (unpaired) electrons. The Bertz CT molecular complexity index is 8.00. The van der Waals surface area contributed by atoms with Gasteiger partial charge in [-0.15, -0.1) is 0 Å². The molecule has 0 heterocycles. The van der Waals surface area contributed by atoms with Crippen LogP contribution in [0.15, 0.2) is 0 Å². The van der Waals surface area contributed by atoms with Crippen molar-refractivity contribution in [2.24, 2.45) is 0 Å². The van der Waals surface area contributed by atoms with Crippen LogP contribution in [0.5, 0.6) is 0 Å². The Labute approximate surface area is 93.5 Å². The summed E-state index contributed by atoms with van der Waals surface area (Å²) in [7, 11) is 0. The molecule has 0 rings (SSSR count). The van der Waals surface area contributed by atoms with E-state index in [9.17, 15) is 0 Å². The zero-order chi connectivity index (χ0) is 0. The van der Waals surface area contributed by atoms with E-state index in [1.807, 2.05) is 0 Å². The first kappa shape index (κ1) is 27.1. The second-order valence-electron chi connectivity index (χ2n) is 0. The summed E-state index contributed by atoms with van der Waals surface area (Å²) in [5.74, 6) is 0. The quantitative estimate of drug-likeness (QED) is 0.364. The maximum atomic E-state index is 0. The Balaban J connectivity index is 0. The van der Waals surface area contributed by atoms with Crippen molar-refractivity contribution in [1.82, 2.24) is 0 Å². The number of rotatable bonds is 0. The smallest absolute Gasteiger partial charge is 0 e. The van der Waals surface area contributed by atoms with Gasteiger partial charge in [-0.05, 0) is 0 Å². The average molecular weight is 508 g/mol. The Morgan fingerprint density at radius 1 is 1.00 bits per heavy atom. The van der Waals surface area contributed by atoms with E-state index in [4.69, 9.17) is 0 Å². The minimum absolute atomic E-state index is 0. The number of hydrogen-bond donors (Lipinski definition) is 0. The van der Waals surface area contributed by atoms with Crippen LogP contribution in [0.4, 0.5) is 0 Å². The molecule has 4 heteroatoms. The maximum absolute atomic E-state index is 0. The predicted molar refractivity (Wildman–Crippen MR) is 17.3 cm³/mol. The SMILES string of the molecule is [Bi].[In].[Sn].[Zn]. The normalized spacial score (nSPS) is 0. The Morgan fingerprint density at radius 2 is 1.00 bits per heavy atom. The molecule has 0 spiro atoms. The van der Waals surface area contributed by atoms with E-state index >= 15 is 0 Å². The molecular weight excluding hydrogens is 508 g/mol. The summed E-state index contributed by atoms with van der Waals surface area (Å²) >= 11 is 0. The van der Waals surface area contributed by atoms with Gasteiger partial charge in [0.25, 0.3) is 0 Å².